The first-order valence-electron chi connectivity index (χ1n) is 9.57. The number of benzene rings is 1. The molecule has 1 aliphatic heterocycles. The number of rotatable bonds is 2. The molecule has 1 fully saturated rings. The molecule has 1 amide bonds. The van der Waals surface area contributed by atoms with E-state index in [9.17, 15) is 13.2 Å². The van der Waals surface area contributed by atoms with Gasteiger partial charge in [0.15, 0.2) is 0 Å². The van der Waals surface area contributed by atoms with E-state index in [1.54, 1.807) is 4.90 Å². The molecule has 2 rings (SSSR count). The van der Waals surface area contributed by atoms with Gasteiger partial charge in [0.2, 0.25) is 15.9 Å². The fraction of sp³-hybridized carbons (Fsp3) is 0.667. The van der Waals surface area contributed by atoms with E-state index in [0.29, 0.717) is 31.1 Å². The van der Waals surface area contributed by atoms with Crippen molar-refractivity contribution in [3.63, 3.8) is 0 Å². The van der Waals surface area contributed by atoms with Crippen LogP contribution in [0.15, 0.2) is 17.0 Å². The Balaban J connectivity index is 2.27. The average molecular weight is 395 g/mol. The van der Waals surface area contributed by atoms with Crippen LogP contribution >= 0.6 is 0 Å². The maximum Gasteiger partial charge on any atom is 0.243 e. The van der Waals surface area contributed by atoms with Crippen LogP contribution in [0.1, 0.15) is 58.2 Å². The first-order valence-corrected chi connectivity index (χ1v) is 11.0. The van der Waals surface area contributed by atoms with E-state index in [1.807, 2.05) is 46.8 Å². The third-order valence-corrected chi connectivity index (χ3v) is 7.30. The molecule has 1 aromatic rings. The zero-order valence-electron chi connectivity index (χ0n) is 18.0. The van der Waals surface area contributed by atoms with Crippen molar-refractivity contribution >= 4 is 15.9 Å². The topological polar surface area (TPSA) is 57.7 Å². The van der Waals surface area contributed by atoms with Crippen LogP contribution in [0.4, 0.5) is 0 Å². The van der Waals surface area contributed by atoms with Gasteiger partial charge in [0.25, 0.3) is 0 Å². The van der Waals surface area contributed by atoms with Crippen molar-refractivity contribution in [2.24, 2.45) is 5.41 Å². The first-order chi connectivity index (χ1) is 12.2. The Morgan fingerprint density at radius 1 is 0.889 bits per heavy atom. The fourth-order valence-electron chi connectivity index (χ4n) is 3.53. The van der Waals surface area contributed by atoms with Crippen molar-refractivity contribution in [1.82, 2.24) is 9.21 Å². The zero-order chi connectivity index (χ0) is 20.8. The number of aryl methyl sites for hydroxylation is 2. The monoisotopic (exact) mass is 394 g/mol. The van der Waals surface area contributed by atoms with Gasteiger partial charge in [-0.15, -0.1) is 0 Å². The van der Waals surface area contributed by atoms with Crippen LogP contribution in [0.25, 0.3) is 0 Å². The van der Waals surface area contributed by atoms with E-state index < -0.39 is 15.4 Å². The maximum atomic E-state index is 13.3. The van der Waals surface area contributed by atoms with Crippen molar-refractivity contribution in [2.75, 3.05) is 26.2 Å². The van der Waals surface area contributed by atoms with Gasteiger partial charge in [-0.2, -0.15) is 4.31 Å². The molecule has 1 aromatic carbocycles. The van der Waals surface area contributed by atoms with Crippen LogP contribution in [-0.2, 0) is 20.2 Å². The van der Waals surface area contributed by atoms with Gasteiger partial charge >= 0.3 is 0 Å². The van der Waals surface area contributed by atoms with Gasteiger partial charge in [-0.25, -0.2) is 8.42 Å². The van der Waals surface area contributed by atoms with E-state index >= 15 is 0 Å². The summed E-state index contributed by atoms with van der Waals surface area (Å²) in [4.78, 5) is 14.6. The maximum absolute atomic E-state index is 13.3. The largest absolute Gasteiger partial charge is 0.340 e. The molecule has 0 atom stereocenters. The minimum atomic E-state index is -3.57. The van der Waals surface area contributed by atoms with Crippen LogP contribution < -0.4 is 0 Å². The lowest BCUT2D eigenvalue weighted by Gasteiger charge is -2.37. The van der Waals surface area contributed by atoms with Crippen LogP contribution in [-0.4, -0.2) is 49.7 Å². The van der Waals surface area contributed by atoms with Gasteiger partial charge in [-0.3, -0.25) is 4.79 Å². The molecule has 27 heavy (non-hydrogen) atoms. The van der Waals surface area contributed by atoms with Gasteiger partial charge in [0.1, 0.15) is 0 Å². The second kappa shape index (κ2) is 7.21. The predicted molar refractivity (Wildman–Crippen MR) is 109 cm³/mol. The van der Waals surface area contributed by atoms with E-state index in [2.05, 4.69) is 20.8 Å². The normalized spacial score (nSPS) is 17.3. The van der Waals surface area contributed by atoms with E-state index in [0.717, 1.165) is 16.7 Å². The summed E-state index contributed by atoms with van der Waals surface area (Å²) in [6, 6.07) is 3.97. The highest BCUT2D eigenvalue weighted by molar-refractivity contribution is 7.89. The molecule has 6 heteroatoms. The Morgan fingerprint density at radius 3 is 1.70 bits per heavy atom. The van der Waals surface area contributed by atoms with E-state index in [1.165, 1.54) is 4.31 Å². The molecule has 152 valence electrons. The second-order valence-corrected chi connectivity index (χ2v) is 11.5. The minimum absolute atomic E-state index is 0.0310. The van der Waals surface area contributed by atoms with Crippen molar-refractivity contribution in [1.29, 1.82) is 0 Å². The molecule has 5 nitrogen and oxygen atoms in total. The number of carbonyl (C=O) groups is 1. The molecular formula is C21H34N2O3S. The molecule has 1 heterocycles. The third-order valence-electron chi connectivity index (χ3n) is 5.09. The SMILES string of the molecule is Cc1cc(C(C)(C)C)cc(C)c1S(=O)(=O)N1CCN(C(=O)C(C)(C)C)CC1. The quantitative estimate of drug-likeness (QED) is 0.772. The summed E-state index contributed by atoms with van der Waals surface area (Å²) in [5.41, 5.74) is 2.23. The molecule has 0 unspecified atom stereocenters. The molecule has 0 radical (unpaired) electrons. The smallest absolute Gasteiger partial charge is 0.243 e. The second-order valence-electron chi connectivity index (χ2n) is 9.64. The summed E-state index contributed by atoms with van der Waals surface area (Å²) < 4.78 is 28.1. The Hall–Kier alpha value is -1.40. The Bertz CT molecular complexity index is 799. The highest BCUT2D eigenvalue weighted by atomic mass is 32.2. The van der Waals surface area contributed by atoms with Crippen molar-refractivity contribution in [2.45, 2.75) is 65.7 Å². The van der Waals surface area contributed by atoms with Gasteiger partial charge in [0.05, 0.1) is 4.90 Å². The predicted octanol–water partition coefficient (Wildman–Crippen LogP) is 3.48. The van der Waals surface area contributed by atoms with Crippen LogP contribution in [0.5, 0.6) is 0 Å². The number of hydrogen-bond acceptors (Lipinski definition) is 3. The lowest BCUT2D eigenvalue weighted by molar-refractivity contribution is -0.140. The lowest BCUT2D eigenvalue weighted by Crippen LogP contribution is -2.53. The molecule has 0 aliphatic carbocycles. The Morgan fingerprint density at radius 2 is 1.33 bits per heavy atom. The third kappa shape index (κ3) is 4.54. The van der Waals surface area contributed by atoms with Gasteiger partial charge in [0, 0.05) is 31.6 Å². The summed E-state index contributed by atoms with van der Waals surface area (Å²) in [5, 5.41) is 0. The molecule has 0 N–H and O–H groups in total. The summed E-state index contributed by atoms with van der Waals surface area (Å²) in [6.45, 7) is 17.3. The van der Waals surface area contributed by atoms with Gasteiger partial charge in [-0.05, 0) is 36.0 Å². The zero-order valence-corrected chi connectivity index (χ0v) is 18.8. The Kier molecular flexibility index (Phi) is 5.84. The van der Waals surface area contributed by atoms with Crippen LogP contribution in [0.2, 0.25) is 0 Å². The fourth-order valence-corrected chi connectivity index (χ4v) is 5.36. The van der Waals surface area contributed by atoms with Gasteiger partial charge in [-0.1, -0.05) is 53.7 Å². The number of nitrogens with zero attached hydrogens (tertiary/aromatic N) is 2. The summed E-state index contributed by atoms with van der Waals surface area (Å²) >= 11 is 0. The van der Waals surface area contributed by atoms with Crippen LogP contribution in [0.3, 0.4) is 0 Å². The molecule has 0 bridgehead atoms. The lowest BCUT2D eigenvalue weighted by atomic mass is 9.85. The molecule has 0 saturated carbocycles. The number of sulfonamides is 1. The molecule has 1 aliphatic rings. The molecule has 1 saturated heterocycles. The first kappa shape index (κ1) is 21.9. The number of carbonyl (C=O) groups excluding carboxylic acids is 1. The molecule has 0 spiro atoms. The number of amides is 1. The molecule has 0 aromatic heterocycles. The highest BCUT2D eigenvalue weighted by Gasteiger charge is 2.35. The highest BCUT2D eigenvalue weighted by Crippen LogP contribution is 2.31. The van der Waals surface area contributed by atoms with Crippen LogP contribution in [0, 0.1) is 19.3 Å². The average Bonchev–Trinajstić information content (AvgIpc) is 2.51. The van der Waals surface area contributed by atoms with Crippen molar-refractivity contribution in [3.05, 3.63) is 28.8 Å². The van der Waals surface area contributed by atoms with Crippen molar-refractivity contribution < 1.29 is 13.2 Å². The summed E-state index contributed by atoms with van der Waals surface area (Å²) in [6.07, 6.45) is 0. The van der Waals surface area contributed by atoms with Gasteiger partial charge < -0.3 is 4.90 Å². The summed E-state index contributed by atoms with van der Waals surface area (Å²) in [7, 11) is -3.57. The standard InChI is InChI=1S/C21H34N2O3S/c1-15-13-17(20(3,4)5)14-16(2)18(15)27(25,26)23-11-9-22(10-12-23)19(24)21(6,7)8/h13-14H,9-12H2,1-8H3. The van der Waals surface area contributed by atoms with E-state index in [-0.39, 0.29) is 11.3 Å². The Labute approximate surface area is 164 Å². The molecular weight excluding hydrogens is 360 g/mol. The van der Waals surface area contributed by atoms with E-state index in [4.69, 9.17) is 0 Å². The van der Waals surface area contributed by atoms with Crippen molar-refractivity contribution in [3.8, 4) is 0 Å². The minimum Gasteiger partial charge on any atom is -0.340 e. The number of hydrogen-bond donors (Lipinski definition) is 0. The number of piperazine rings is 1. The summed E-state index contributed by atoms with van der Waals surface area (Å²) in [5.74, 6) is 0.0708.